The molecule has 2 aromatic heterocycles. The lowest BCUT2D eigenvalue weighted by Crippen LogP contribution is -2.30. The number of nitrogens with zero attached hydrogens (tertiary/aromatic N) is 2. The van der Waals surface area contributed by atoms with Crippen LogP contribution in [0, 0.1) is 13.8 Å². The Kier molecular flexibility index (Phi) is 5.20. The molecular formula is C30H27N2+. The third-order valence-corrected chi connectivity index (χ3v) is 6.25. The van der Waals surface area contributed by atoms with Crippen molar-refractivity contribution in [1.29, 1.82) is 0 Å². The molecule has 2 nitrogen and oxygen atoms in total. The molecule has 0 atom stereocenters. The Labute approximate surface area is 190 Å². The molecule has 156 valence electrons. The lowest BCUT2D eigenvalue weighted by atomic mass is 9.95. The van der Waals surface area contributed by atoms with E-state index in [1.54, 1.807) is 0 Å². The summed E-state index contributed by atoms with van der Waals surface area (Å²) in [7, 11) is 2.11. The summed E-state index contributed by atoms with van der Waals surface area (Å²) in [5.74, 6) is 0. The van der Waals surface area contributed by atoms with E-state index in [0.717, 1.165) is 0 Å². The van der Waals surface area contributed by atoms with Crippen LogP contribution < -0.4 is 4.57 Å². The highest BCUT2D eigenvalue weighted by Gasteiger charge is 2.23. The fourth-order valence-electron chi connectivity index (χ4n) is 4.49. The van der Waals surface area contributed by atoms with Crippen molar-refractivity contribution in [3.8, 4) is 39.3 Å². The quantitative estimate of drug-likeness (QED) is 0.282. The summed E-state index contributed by atoms with van der Waals surface area (Å²) in [6.07, 6.45) is 4.40. The first-order valence-electron chi connectivity index (χ1n) is 11.0. The minimum Gasteiger partial charge on any atom is -0.310 e. The van der Waals surface area contributed by atoms with Crippen LogP contribution in [0.3, 0.4) is 0 Å². The Balaban J connectivity index is 1.89. The summed E-state index contributed by atoms with van der Waals surface area (Å²) in [5.41, 5.74) is 11.1. The fraction of sp³-hybridized carbons (Fsp3) is 0.100. The van der Waals surface area contributed by atoms with Gasteiger partial charge in [0.05, 0.1) is 5.69 Å². The van der Waals surface area contributed by atoms with Crippen LogP contribution in [0.4, 0.5) is 0 Å². The average molecular weight is 416 g/mol. The maximum atomic E-state index is 2.39. The van der Waals surface area contributed by atoms with Gasteiger partial charge in [-0.05, 0) is 42.2 Å². The highest BCUT2D eigenvalue weighted by atomic mass is 15.0. The van der Waals surface area contributed by atoms with Crippen molar-refractivity contribution < 1.29 is 4.57 Å². The second kappa shape index (κ2) is 8.32. The summed E-state index contributed by atoms with van der Waals surface area (Å²) < 4.78 is 4.59. The van der Waals surface area contributed by atoms with Crippen molar-refractivity contribution in [2.75, 3.05) is 0 Å². The summed E-state index contributed by atoms with van der Waals surface area (Å²) in [5, 5.41) is 0. The van der Waals surface area contributed by atoms with Crippen LogP contribution in [-0.2, 0) is 7.05 Å². The molecule has 0 bridgehead atoms. The number of benzene rings is 3. The van der Waals surface area contributed by atoms with Gasteiger partial charge in [-0.15, -0.1) is 0 Å². The Morgan fingerprint density at radius 1 is 0.625 bits per heavy atom. The lowest BCUT2D eigenvalue weighted by Gasteiger charge is -2.19. The molecule has 2 heterocycles. The normalized spacial score (nSPS) is 11.0. The number of pyridine rings is 1. The number of rotatable bonds is 4. The number of hydrogen-bond donors (Lipinski definition) is 0. The summed E-state index contributed by atoms with van der Waals surface area (Å²) in [6.45, 7) is 4.42. The van der Waals surface area contributed by atoms with Gasteiger partial charge in [-0.2, -0.15) is 4.57 Å². The largest absolute Gasteiger partial charge is 0.310 e. The molecule has 0 saturated heterocycles. The van der Waals surface area contributed by atoms with Gasteiger partial charge in [-0.25, -0.2) is 0 Å². The van der Waals surface area contributed by atoms with Gasteiger partial charge in [0, 0.05) is 29.5 Å². The molecule has 0 fully saturated rings. The van der Waals surface area contributed by atoms with Crippen molar-refractivity contribution >= 4 is 0 Å². The van der Waals surface area contributed by atoms with Crippen LogP contribution in [0.25, 0.3) is 39.3 Å². The first-order valence-corrected chi connectivity index (χ1v) is 11.0. The Morgan fingerprint density at radius 3 is 1.75 bits per heavy atom. The van der Waals surface area contributed by atoms with E-state index in [0.29, 0.717) is 0 Å². The van der Waals surface area contributed by atoms with E-state index in [9.17, 15) is 0 Å². The molecule has 0 spiro atoms. The predicted octanol–water partition coefficient (Wildman–Crippen LogP) is 6.92. The van der Waals surface area contributed by atoms with E-state index in [4.69, 9.17) is 0 Å². The minimum atomic E-state index is 1.19. The van der Waals surface area contributed by atoms with Gasteiger partial charge in [0.25, 0.3) is 0 Å². The van der Waals surface area contributed by atoms with Crippen molar-refractivity contribution in [3.63, 3.8) is 0 Å². The van der Waals surface area contributed by atoms with E-state index >= 15 is 0 Å². The number of para-hydroxylation sites is 1. The SMILES string of the molecule is Cc1cn(-c2c(-c3ccccc3)cccc2-c2ccccc2)c(-c2cccc[n+]2C)c1C. The molecule has 0 aliphatic rings. The van der Waals surface area contributed by atoms with E-state index in [-0.39, 0.29) is 0 Å². The second-order valence-electron chi connectivity index (χ2n) is 8.29. The van der Waals surface area contributed by atoms with Gasteiger partial charge in [0.15, 0.2) is 6.20 Å². The topological polar surface area (TPSA) is 8.81 Å². The molecule has 0 N–H and O–H groups in total. The molecular weight excluding hydrogens is 388 g/mol. The molecule has 5 rings (SSSR count). The molecule has 0 amide bonds. The first-order chi connectivity index (χ1) is 15.6. The zero-order valence-corrected chi connectivity index (χ0v) is 18.8. The zero-order chi connectivity index (χ0) is 22.1. The van der Waals surface area contributed by atoms with Gasteiger partial charge in [-0.1, -0.05) is 78.9 Å². The van der Waals surface area contributed by atoms with Crippen molar-refractivity contribution in [1.82, 2.24) is 4.57 Å². The summed E-state index contributed by atoms with van der Waals surface area (Å²) in [6, 6.07) is 34.4. The third kappa shape index (κ3) is 3.44. The predicted molar refractivity (Wildman–Crippen MR) is 133 cm³/mol. The van der Waals surface area contributed by atoms with E-state index in [1.807, 2.05) is 0 Å². The summed E-state index contributed by atoms with van der Waals surface area (Å²) in [4.78, 5) is 0. The maximum Gasteiger partial charge on any atom is 0.229 e. The smallest absolute Gasteiger partial charge is 0.229 e. The highest BCUT2D eigenvalue weighted by molar-refractivity contribution is 5.87. The fourth-order valence-corrected chi connectivity index (χ4v) is 4.49. The third-order valence-electron chi connectivity index (χ3n) is 6.25. The van der Waals surface area contributed by atoms with Gasteiger partial charge >= 0.3 is 0 Å². The van der Waals surface area contributed by atoms with Crippen LogP contribution in [0.5, 0.6) is 0 Å². The second-order valence-corrected chi connectivity index (χ2v) is 8.29. The summed E-state index contributed by atoms with van der Waals surface area (Å²) >= 11 is 0. The molecule has 0 aliphatic heterocycles. The standard InChI is InChI=1S/C30H27N2/c1-22-21-32(29(23(22)2)28-19-10-11-20-31(28)3)30-26(24-13-6-4-7-14-24)17-12-18-27(30)25-15-8-5-9-16-25/h4-21H,1-3H3/q+1. The minimum absolute atomic E-state index is 1.19. The van der Waals surface area contributed by atoms with Crippen LogP contribution >= 0.6 is 0 Å². The van der Waals surface area contributed by atoms with Crippen LogP contribution in [0.1, 0.15) is 11.1 Å². The van der Waals surface area contributed by atoms with E-state index < -0.39 is 0 Å². The van der Waals surface area contributed by atoms with Gasteiger partial charge < -0.3 is 4.57 Å². The molecule has 0 saturated carbocycles. The first kappa shape index (κ1) is 20.0. The van der Waals surface area contributed by atoms with Gasteiger partial charge in [0.1, 0.15) is 12.7 Å². The molecule has 2 heteroatoms. The average Bonchev–Trinajstić information content (AvgIpc) is 3.13. The molecule has 0 aliphatic carbocycles. The number of aryl methyl sites for hydroxylation is 2. The van der Waals surface area contributed by atoms with Crippen LogP contribution in [0.15, 0.2) is 109 Å². The number of hydrogen-bond acceptors (Lipinski definition) is 0. The van der Waals surface area contributed by atoms with Crippen molar-refractivity contribution in [2.45, 2.75) is 13.8 Å². The maximum absolute atomic E-state index is 2.39. The Bertz CT molecular complexity index is 1320. The van der Waals surface area contributed by atoms with E-state index in [1.165, 1.54) is 50.5 Å². The molecule has 0 unspecified atom stereocenters. The molecule has 32 heavy (non-hydrogen) atoms. The van der Waals surface area contributed by atoms with Crippen molar-refractivity contribution in [3.05, 3.63) is 121 Å². The Hall–Kier alpha value is -3.91. The highest BCUT2D eigenvalue weighted by Crippen LogP contribution is 2.39. The van der Waals surface area contributed by atoms with Crippen LogP contribution in [-0.4, -0.2) is 4.57 Å². The number of aromatic nitrogens is 2. The zero-order valence-electron chi connectivity index (χ0n) is 18.8. The van der Waals surface area contributed by atoms with Gasteiger partial charge in [-0.3, -0.25) is 0 Å². The Morgan fingerprint density at radius 2 is 1.19 bits per heavy atom. The monoisotopic (exact) mass is 415 g/mol. The molecule has 3 aromatic carbocycles. The molecule has 5 aromatic rings. The van der Waals surface area contributed by atoms with Crippen LogP contribution in [0.2, 0.25) is 0 Å². The molecule has 0 radical (unpaired) electrons. The van der Waals surface area contributed by atoms with E-state index in [2.05, 4.69) is 139 Å². The van der Waals surface area contributed by atoms with Crippen molar-refractivity contribution in [2.24, 2.45) is 7.05 Å². The lowest BCUT2D eigenvalue weighted by molar-refractivity contribution is -0.660. The van der Waals surface area contributed by atoms with Gasteiger partial charge in [0.2, 0.25) is 5.69 Å².